The van der Waals surface area contributed by atoms with Gasteiger partial charge in [0.15, 0.2) is 0 Å². The fourth-order valence-electron chi connectivity index (χ4n) is 3.23. The summed E-state index contributed by atoms with van der Waals surface area (Å²) < 4.78 is 28.0. The van der Waals surface area contributed by atoms with Crippen molar-refractivity contribution in [1.82, 2.24) is 4.72 Å². The van der Waals surface area contributed by atoms with E-state index in [1.54, 1.807) is 47.4 Å². The molecule has 1 atom stereocenters. The maximum Gasteiger partial charge on any atom is 0.241 e. The Morgan fingerprint density at radius 3 is 2.48 bits per heavy atom. The Morgan fingerprint density at radius 2 is 1.85 bits per heavy atom. The molecule has 7 nitrogen and oxygen atoms in total. The van der Waals surface area contributed by atoms with Crippen LogP contribution in [0.1, 0.15) is 30.5 Å². The molecule has 1 heterocycles. The number of hydrogen-bond acceptors (Lipinski definition) is 4. The molecule has 8 heteroatoms. The van der Waals surface area contributed by atoms with Gasteiger partial charge >= 0.3 is 0 Å². The second-order valence-corrected chi connectivity index (χ2v) is 8.15. The summed E-state index contributed by atoms with van der Waals surface area (Å²) in [6.07, 6.45) is 1.44. The third kappa shape index (κ3) is 4.01. The van der Waals surface area contributed by atoms with Crippen molar-refractivity contribution in [3.8, 4) is 0 Å². The first kappa shape index (κ1) is 19.1. The number of nitrogens with zero attached hydrogens (tertiary/aromatic N) is 1. The van der Waals surface area contributed by atoms with Gasteiger partial charge < -0.3 is 10.6 Å². The average molecular weight is 387 g/mol. The Bertz CT molecular complexity index is 974. The number of anilines is 1. The summed E-state index contributed by atoms with van der Waals surface area (Å²) in [7, 11) is -3.98. The van der Waals surface area contributed by atoms with Crippen molar-refractivity contribution in [2.75, 3.05) is 11.4 Å². The predicted octanol–water partition coefficient (Wildman–Crippen LogP) is 1.49. The number of benzene rings is 2. The molecule has 1 aliphatic rings. The Kier molecular flexibility index (Phi) is 5.29. The van der Waals surface area contributed by atoms with Gasteiger partial charge in [0, 0.05) is 19.2 Å². The number of fused-ring (bicyclic) bond motifs is 1. The molecule has 0 fully saturated rings. The van der Waals surface area contributed by atoms with Gasteiger partial charge in [-0.25, -0.2) is 8.42 Å². The first-order valence-electron chi connectivity index (χ1n) is 8.57. The van der Waals surface area contributed by atoms with Crippen molar-refractivity contribution in [2.45, 2.75) is 30.7 Å². The molecule has 2 aromatic rings. The average Bonchev–Trinajstić information content (AvgIpc) is 2.65. The Labute approximate surface area is 158 Å². The fourth-order valence-corrected chi connectivity index (χ4v) is 4.47. The first-order chi connectivity index (χ1) is 12.8. The lowest BCUT2D eigenvalue weighted by molar-refractivity contribution is -0.119. The lowest BCUT2D eigenvalue weighted by Gasteiger charge is -2.29. The standard InChI is InChI=1S/C19H21N3O4S/c1-13(23)22-11-5-8-15-12-16(9-10-17(15)22)27(25,26)21-18(19(20)24)14-6-3-2-4-7-14/h2-4,6-7,9-10,12,18,21H,5,8,11H2,1H3,(H2,20,24)/t18-/m1/s1. The Balaban J connectivity index is 1.93. The van der Waals surface area contributed by atoms with Crippen LogP contribution in [-0.2, 0) is 26.0 Å². The van der Waals surface area contributed by atoms with Crippen LogP contribution in [0.4, 0.5) is 5.69 Å². The summed E-state index contributed by atoms with van der Waals surface area (Å²) in [6.45, 7) is 2.10. The first-order valence-corrected chi connectivity index (χ1v) is 10.1. The van der Waals surface area contributed by atoms with Crippen LogP contribution in [0.15, 0.2) is 53.4 Å². The molecular formula is C19H21N3O4S. The number of carbonyl (C=O) groups excluding carboxylic acids is 2. The molecule has 0 saturated carbocycles. The Morgan fingerprint density at radius 1 is 1.15 bits per heavy atom. The molecule has 27 heavy (non-hydrogen) atoms. The van der Waals surface area contributed by atoms with Crippen molar-refractivity contribution in [1.29, 1.82) is 0 Å². The topological polar surface area (TPSA) is 110 Å². The summed E-state index contributed by atoms with van der Waals surface area (Å²) in [6, 6.07) is 11.9. The normalized spacial score (nSPS) is 15.1. The maximum atomic E-state index is 12.8. The van der Waals surface area contributed by atoms with E-state index in [0.29, 0.717) is 18.5 Å². The molecule has 0 saturated heterocycles. The van der Waals surface area contributed by atoms with E-state index in [0.717, 1.165) is 17.7 Å². The highest BCUT2D eigenvalue weighted by atomic mass is 32.2. The molecule has 0 aromatic heterocycles. The lowest BCUT2D eigenvalue weighted by atomic mass is 10.0. The van der Waals surface area contributed by atoms with E-state index >= 15 is 0 Å². The number of aryl methyl sites for hydroxylation is 1. The molecule has 1 aliphatic heterocycles. The molecular weight excluding hydrogens is 366 g/mol. The minimum Gasteiger partial charge on any atom is -0.368 e. The number of primary amides is 1. The van der Waals surface area contributed by atoms with Crippen LogP contribution >= 0.6 is 0 Å². The van der Waals surface area contributed by atoms with Gasteiger partial charge in [-0.05, 0) is 42.2 Å². The fraction of sp³-hybridized carbons (Fsp3) is 0.263. The van der Waals surface area contributed by atoms with E-state index < -0.39 is 22.0 Å². The third-order valence-electron chi connectivity index (χ3n) is 4.55. The maximum absolute atomic E-state index is 12.8. The minimum absolute atomic E-state index is 0.0360. The van der Waals surface area contributed by atoms with Gasteiger partial charge in [0.05, 0.1) is 4.90 Å². The van der Waals surface area contributed by atoms with Gasteiger partial charge in [-0.1, -0.05) is 30.3 Å². The molecule has 2 amide bonds. The van der Waals surface area contributed by atoms with E-state index in [2.05, 4.69) is 4.72 Å². The molecule has 3 rings (SSSR count). The lowest BCUT2D eigenvalue weighted by Crippen LogP contribution is -2.37. The second-order valence-electron chi connectivity index (χ2n) is 6.43. The molecule has 142 valence electrons. The van der Waals surface area contributed by atoms with Crippen LogP contribution in [-0.4, -0.2) is 26.8 Å². The minimum atomic E-state index is -3.98. The van der Waals surface area contributed by atoms with Crippen molar-refractivity contribution in [3.05, 3.63) is 59.7 Å². The van der Waals surface area contributed by atoms with E-state index in [4.69, 9.17) is 5.73 Å². The van der Waals surface area contributed by atoms with Gasteiger partial charge in [-0.15, -0.1) is 0 Å². The monoisotopic (exact) mass is 387 g/mol. The number of hydrogen-bond donors (Lipinski definition) is 2. The van der Waals surface area contributed by atoms with Gasteiger partial charge in [0.25, 0.3) is 0 Å². The quantitative estimate of drug-likeness (QED) is 0.810. The van der Waals surface area contributed by atoms with Crippen molar-refractivity contribution in [3.63, 3.8) is 0 Å². The molecule has 3 N–H and O–H groups in total. The Hall–Kier alpha value is -2.71. The molecule has 0 spiro atoms. The van der Waals surface area contributed by atoms with E-state index in [-0.39, 0.29) is 10.8 Å². The largest absolute Gasteiger partial charge is 0.368 e. The zero-order chi connectivity index (χ0) is 19.6. The van der Waals surface area contributed by atoms with Crippen LogP contribution in [0.5, 0.6) is 0 Å². The smallest absolute Gasteiger partial charge is 0.241 e. The number of nitrogens with two attached hydrogens (primary N) is 1. The summed E-state index contributed by atoms with van der Waals surface area (Å²) in [4.78, 5) is 25.2. The number of rotatable bonds is 5. The van der Waals surface area contributed by atoms with Gasteiger partial charge in [0.1, 0.15) is 6.04 Å². The van der Waals surface area contributed by atoms with E-state index in [1.165, 1.54) is 13.0 Å². The molecule has 0 radical (unpaired) electrons. The van der Waals surface area contributed by atoms with Gasteiger partial charge in [0.2, 0.25) is 21.8 Å². The zero-order valence-electron chi connectivity index (χ0n) is 14.9. The van der Waals surface area contributed by atoms with Crippen LogP contribution < -0.4 is 15.4 Å². The van der Waals surface area contributed by atoms with Gasteiger partial charge in [-0.3, -0.25) is 9.59 Å². The number of amides is 2. The SMILES string of the molecule is CC(=O)N1CCCc2cc(S(=O)(=O)N[C@@H](C(N)=O)c3ccccc3)ccc21. The molecule has 0 aliphatic carbocycles. The van der Waals surface area contributed by atoms with Crippen LogP contribution in [0.25, 0.3) is 0 Å². The highest BCUT2D eigenvalue weighted by Gasteiger charge is 2.27. The van der Waals surface area contributed by atoms with Gasteiger partial charge in [-0.2, -0.15) is 4.72 Å². The highest BCUT2D eigenvalue weighted by molar-refractivity contribution is 7.89. The summed E-state index contributed by atoms with van der Waals surface area (Å²) in [5.41, 5.74) is 7.38. The van der Waals surface area contributed by atoms with Crippen molar-refractivity contribution < 1.29 is 18.0 Å². The third-order valence-corrected chi connectivity index (χ3v) is 5.97. The molecule has 2 aromatic carbocycles. The molecule has 0 bridgehead atoms. The summed E-state index contributed by atoms with van der Waals surface area (Å²) in [5, 5.41) is 0. The number of carbonyl (C=O) groups is 2. The number of sulfonamides is 1. The van der Waals surface area contributed by atoms with E-state index in [9.17, 15) is 18.0 Å². The van der Waals surface area contributed by atoms with Crippen LogP contribution in [0.3, 0.4) is 0 Å². The van der Waals surface area contributed by atoms with Crippen LogP contribution in [0, 0.1) is 0 Å². The number of nitrogens with one attached hydrogen (secondary N) is 1. The predicted molar refractivity (Wildman–Crippen MR) is 101 cm³/mol. The molecule has 0 unspecified atom stereocenters. The van der Waals surface area contributed by atoms with Crippen molar-refractivity contribution in [2.24, 2.45) is 5.73 Å². The highest BCUT2D eigenvalue weighted by Crippen LogP contribution is 2.30. The van der Waals surface area contributed by atoms with Crippen LogP contribution in [0.2, 0.25) is 0 Å². The second kappa shape index (κ2) is 7.50. The van der Waals surface area contributed by atoms with Crippen molar-refractivity contribution >= 4 is 27.5 Å². The summed E-state index contributed by atoms with van der Waals surface area (Å²) in [5.74, 6) is -0.868. The van der Waals surface area contributed by atoms with E-state index in [1.807, 2.05) is 0 Å². The zero-order valence-corrected chi connectivity index (χ0v) is 15.7. The summed E-state index contributed by atoms with van der Waals surface area (Å²) >= 11 is 0.